The largest absolute Gasteiger partial charge is 0.444 e. The number of aromatic nitrogens is 1. The Morgan fingerprint density at radius 1 is 1.08 bits per heavy atom. The summed E-state index contributed by atoms with van der Waals surface area (Å²) in [5.41, 5.74) is 2.31. The van der Waals surface area contributed by atoms with E-state index in [0.717, 1.165) is 5.56 Å². The molecular weight excluding hydrogens is 531 g/mol. The summed E-state index contributed by atoms with van der Waals surface area (Å²) in [5.74, 6) is 0.187. The zero-order chi connectivity index (χ0) is 28.6. The van der Waals surface area contributed by atoms with Crippen LogP contribution in [0.3, 0.4) is 0 Å². The number of hydrogen-bond donors (Lipinski definition) is 1. The molecule has 0 radical (unpaired) electrons. The lowest BCUT2D eigenvalue weighted by Gasteiger charge is -2.24. The van der Waals surface area contributed by atoms with Crippen LogP contribution in [-0.4, -0.2) is 60.4 Å². The van der Waals surface area contributed by atoms with Gasteiger partial charge in [-0.15, -0.1) is 0 Å². The van der Waals surface area contributed by atoms with Crippen LogP contribution >= 0.6 is 0 Å². The summed E-state index contributed by atoms with van der Waals surface area (Å²) in [6.07, 6.45) is -3.99. The maximum Gasteiger partial charge on any atom is 0.410 e. The third-order valence-electron chi connectivity index (χ3n) is 6.57. The first kappa shape index (κ1) is 28.8. The van der Waals surface area contributed by atoms with E-state index in [1.54, 1.807) is 70.3 Å². The van der Waals surface area contributed by atoms with Gasteiger partial charge in [-0.1, -0.05) is 30.3 Å². The molecule has 1 aromatic heterocycles. The summed E-state index contributed by atoms with van der Waals surface area (Å²) < 4.78 is 71.2. The minimum absolute atomic E-state index is 0.0743. The highest BCUT2D eigenvalue weighted by Crippen LogP contribution is 2.36. The summed E-state index contributed by atoms with van der Waals surface area (Å²) >= 11 is 0. The minimum Gasteiger partial charge on any atom is -0.444 e. The fourth-order valence-corrected chi connectivity index (χ4v) is 6.20. The van der Waals surface area contributed by atoms with Gasteiger partial charge in [0.2, 0.25) is 0 Å². The molecule has 1 aliphatic heterocycles. The standard InChI is InChI=1S/C28H34F3N3O4S/c1-27(2,3)38-26(35)33(4)17-19-8-10-20(11-9-19)25-16-22-23(32-21-12-14-39(36,37)15-13-21)6-5-7-24(22)34(25)18-28(29,30)31/h5-11,16,21,32H,12-15,17-18H2,1-4H3. The molecule has 1 fully saturated rings. The lowest BCUT2D eigenvalue weighted by atomic mass is 10.1. The molecule has 11 heteroatoms. The molecule has 1 aliphatic rings. The molecule has 3 aromatic rings. The number of ether oxygens (including phenoxy) is 1. The predicted octanol–water partition coefficient (Wildman–Crippen LogP) is 6.23. The number of benzene rings is 2. The Morgan fingerprint density at radius 2 is 1.72 bits per heavy atom. The number of carbonyl (C=O) groups excluding carboxylic acids is 1. The van der Waals surface area contributed by atoms with E-state index in [2.05, 4.69) is 5.32 Å². The van der Waals surface area contributed by atoms with Gasteiger partial charge in [-0.05, 0) is 62.9 Å². The maximum atomic E-state index is 13.6. The SMILES string of the molecule is CN(Cc1ccc(-c2cc3c(NC4CCS(=O)(=O)CC4)cccc3n2CC(F)(F)F)cc1)C(=O)OC(C)(C)C. The van der Waals surface area contributed by atoms with Crippen molar-refractivity contribution >= 4 is 32.5 Å². The van der Waals surface area contributed by atoms with Crippen LogP contribution in [0.25, 0.3) is 22.2 Å². The Bertz CT molecular complexity index is 1430. The molecule has 7 nitrogen and oxygen atoms in total. The lowest BCUT2D eigenvalue weighted by Crippen LogP contribution is -2.33. The fraction of sp³-hybridized carbons (Fsp3) is 0.464. The van der Waals surface area contributed by atoms with Crippen molar-refractivity contribution in [2.45, 2.75) is 64.5 Å². The van der Waals surface area contributed by atoms with Gasteiger partial charge in [-0.25, -0.2) is 13.2 Å². The zero-order valence-corrected chi connectivity index (χ0v) is 23.3. The summed E-state index contributed by atoms with van der Waals surface area (Å²) in [7, 11) is -1.41. The number of alkyl halides is 3. The number of hydrogen-bond acceptors (Lipinski definition) is 5. The monoisotopic (exact) mass is 565 g/mol. The van der Waals surface area contributed by atoms with Crippen LogP contribution in [-0.2, 0) is 27.7 Å². The maximum absolute atomic E-state index is 13.6. The molecule has 4 rings (SSSR count). The highest BCUT2D eigenvalue weighted by molar-refractivity contribution is 7.91. The second kappa shape index (κ2) is 10.7. The Labute approximate surface area is 226 Å². The van der Waals surface area contributed by atoms with E-state index in [1.807, 2.05) is 6.07 Å². The van der Waals surface area contributed by atoms with Gasteiger partial charge in [-0.2, -0.15) is 13.2 Å². The molecule has 1 saturated heterocycles. The molecular formula is C28H34F3N3O4S. The number of carbonyl (C=O) groups is 1. The van der Waals surface area contributed by atoms with Crippen LogP contribution < -0.4 is 5.32 Å². The second-order valence-corrected chi connectivity index (χ2v) is 13.4. The number of nitrogens with one attached hydrogen (secondary N) is 1. The van der Waals surface area contributed by atoms with Gasteiger partial charge in [0.05, 0.1) is 17.0 Å². The van der Waals surface area contributed by atoms with E-state index in [9.17, 15) is 26.4 Å². The van der Waals surface area contributed by atoms with Crippen molar-refractivity contribution in [1.29, 1.82) is 0 Å². The Morgan fingerprint density at radius 3 is 2.31 bits per heavy atom. The van der Waals surface area contributed by atoms with Crippen molar-refractivity contribution < 1.29 is 31.1 Å². The predicted molar refractivity (Wildman–Crippen MR) is 146 cm³/mol. The van der Waals surface area contributed by atoms with Crippen LogP contribution in [0.4, 0.5) is 23.7 Å². The molecule has 0 atom stereocenters. The van der Waals surface area contributed by atoms with E-state index in [-0.39, 0.29) is 24.1 Å². The Kier molecular flexibility index (Phi) is 7.93. The molecule has 2 heterocycles. The number of halogens is 3. The summed E-state index contributed by atoms with van der Waals surface area (Å²) in [6, 6.07) is 13.9. The highest BCUT2D eigenvalue weighted by Gasteiger charge is 2.31. The minimum atomic E-state index is -4.43. The van der Waals surface area contributed by atoms with Crippen LogP contribution in [0, 0.1) is 0 Å². The van der Waals surface area contributed by atoms with Crippen molar-refractivity contribution in [3.05, 3.63) is 54.1 Å². The first-order chi connectivity index (χ1) is 18.1. The van der Waals surface area contributed by atoms with Crippen molar-refractivity contribution in [2.24, 2.45) is 0 Å². The molecule has 0 saturated carbocycles. The Hall–Kier alpha value is -3.21. The number of anilines is 1. The van der Waals surface area contributed by atoms with Crippen LogP contribution in [0.15, 0.2) is 48.5 Å². The average Bonchev–Trinajstić information content (AvgIpc) is 3.17. The topological polar surface area (TPSA) is 80.6 Å². The quantitative estimate of drug-likeness (QED) is 0.384. The smallest absolute Gasteiger partial charge is 0.410 e. The molecule has 1 N–H and O–H groups in total. The number of fused-ring (bicyclic) bond motifs is 1. The van der Waals surface area contributed by atoms with Crippen molar-refractivity contribution in [2.75, 3.05) is 23.9 Å². The summed E-state index contributed by atoms with van der Waals surface area (Å²) in [4.78, 5) is 13.7. The highest BCUT2D eigenvalue weighted by atomic mass is 32.2. The van der Waals surface area contributed by atoms with Crippen molar-refractivity contribution in [3.63, 3.8) is 0 Å². The Balaban J connectivity index is 1.63. The normalized spacial score (nSPS) is 16.3. The fourth-order valence-electron chi connectivity index (χ4n) is 4.71. The first-order valence-corrected chi connectivity index (χ1v) is 14.6. The molecule has 2 aromatic carbocycles. The first-order valence-electron chi connectivity index (χ1n) is 12.8. The molecule has 0 aliphatic carbocycles. The van der Waals surface area contributed by atoms with E-state index in [4.69, 9.17) is 4.74 Å². The van der Waals surface area contributed by atoms with Gasteiger partial charge in [0.15, 0.2) is 0 Å². The van der Waals surface area contributed by atoms with Gasteiger partial charge < -0.3 is 19.5 Å². The van der Waals surface area contributed by atoms with Gasteiger partial charge in [-0.3, -0.25) is 0 Å². The summed E-state index contributed by atoms with van der Waals surface area (Å²) in [6.45, 7) is 4.49. The van der Waals surface area contributed by atoms with E-state index >= 15 is 0 Å². The van der Waals surface area contributed by atoms with Crippen LogP contribution in [0.2, 0.25) is 0 Å². The number of nitrogens with zero attached hydrogens (tertiary/aromatic N) is 2. The molecule has 0 bridgehead atoms. The second-order valence-electron chi connectivity index (χ2n) is 11.1. The van der Waals surface area contributed by atoms with Crippen molar-refractivity contribution in [3.8, 4) is 11.3 Å². The third-order valence-corrected chi connectivity index (χ3v) is 8.29. The molecule has 212 valence electrons. The molecule has 39 heavy (non-hydrogen) atoms. The van der Waals surface area contributed by atoms with E-state index < -0.39 is 34.3 Å². The summed E-state index contributed by atoms with van der Waals surface area (Å²) in [5, 5.41) is 4.00. The van der Waals surface area contributed by atoms with Crippen LogP contribution in [0.1, 0.15) is 39.2 Å². The lowest BCUT2D eigenvalue weighted by molar-refractivity contribution is -0.139. The number of sulfone groups is 1. The zero-order valence-electron chi connectivity index (χ0n) is 22.5. The molecule has 0 unspecified atom stereocenters. The number of rotatable bonds is 6. The van der Waals surface area contributed by atoms with E-state index in [0.29, 0.717) is 40.7 Å². The van der Waals surface area contributed by atoms with Crippen LogP contribution in [0.5, 0.6) is 0 Å². The van der Waals surface area contributed by atoms with E-state index in [1.165, 1.54) is 9.47 Å². The van der Waals surface area contributed by atoms with Crippen molar-refractivity contribution in [1.82, 2.24) is 9.47 Å². The van der Waals surface area contributed by atoms with Gasteiger partial charge in [0.1, 0.15) is 22.0 Å². The third kappa shape index (κ3) is 7.46. The number of amides is 1. The van der Waals surface area contributed by atoms with Gasteiger partial charge in [0, 0.05) is 36.4 Å². The molecule has 0 spiro atoms. The average molecular weight is 566 g/mol. The molecule has 1 amide bonds. The van der Waals surface area contributed by atoms with Gasteiger partial charge in [0.25, 0.3) is 0 Å². The van der Waals surface area contributed by atoms with Gasteiger partial charge >= 0.3 is 12.3 Å².